The van der Waals surface area contributed by atoms with Crippen LogP contribution in [-0.2, 0) is 24.4 Å². The number of esters is 2. The molecule has 0 unspecified atom stereocenters. The number of hydrogen-bond donors (Lipinski definition) is 1. The molecule has 1 rings (SSSR count). The molecule has 0 saturated carbocycles. The zero-order valence-electron chi connectivity index (χ0n) is 15.8. The standard InChI is InChI=1S/C10H9F2NO7S.C6H15N/c11-10(12,21(16,17)18)9(15)20-6-5-19-8(14)7-1-3-13-4-2-7;1-4-7(5-2)6-3/h1-4H,5-6H2,(H,16,17,18);4-6H2,1-3H3. The van der Waals surface area contributed by atoms with E-state index in [0.29, 0.717) is 0 Å². The topological polar surface area (TPSA) is 127 Å². The average molecular weight is 426 g/mol. The predicted molar refractivity (Wildman–Crippen MR) is 92.7 cm³/mol. The zero-order chi connectivity index (χ0) is 21.8. The first kappa shape index (κ1) is 25.8. The lowest BCUT2D eigenvalue weighted by Gasteiger charge is -2.17. The maximum atomic E-state index is 12.7. The Bertz CT molecular complexity index is 705. The molecule has 0 aromatic carbocycles. The summed E-state index contributed by atoms with van der Waals surface area (Å²) in [5, 5.41) is -5.19. The summed E-state index contributed by atoms with van der Waals surface area (Å²) in [6.45, 7) is 9.06. The van der Waals surface area contributed by atoms with Crippen molar-refractivity contribution in [2.75, 3.05) is 32.8 Å². The van der Waals surface area contributed by atoms with Gasteiger partial charge in [0.05, 0.1) is 25.2 Å². The van der Waals surface area contributed by atoms with Gasteiger partial charge < -0.3 is 18.9 Å². The van der Waals surface area contributed by atoms with Gasteiger partial charge in [-0.1, -0.05) is 0 Å². The van der Waals surface area contributed by atoms with Gasteiger partial charge in [-0.2, -0.15) is 8.78 Å². The van der Waals surface area contributed by atoms with Gasteiger partial charge in [-0.25, -0.2) is 18.0 Å². The van der Waals surface area contributed by atoms with Gasteiger partial charge in [-0.05, 0) is 32.9 Å². The highest BCUT2D eigenvalue weighted by Gasteiger charge is 2.48. The summed E-state index contributed by atoms with van der Waals surface area (Å²) in [6, 6.07) is 2.65. The van der Waals surface area contributed by atoms with Crippen LogP contribution in [0.25, 0.3) is 0 Å². The molecule has 0 spiro atoms. The van der Waals surface area contributed by atoms with Crippen molar-refractivity contribution in [3.05, 3.63) is 30.1 Å². The first-order valence-corrected chi connectivity index (χ1v) is 9.83. The van der Waals surface area contributed by atoms with Gasteiger partial charge in [0.15, 0.2) is 10.1 Å². The molecule has 1 aromatic rings. The predicted octanol–water partition coefficient (Wildman–Crippen LogP) is -0.149. The number of pyridine rings is 1. The number of aromatic nitrogens is 1. The van der Waals surface area contributed by atoms with Gasteiger partial charge in [0.25, 0.3) is 0 Å². The van der Waals surface area contributed by atoms with E-state index < -0.39 is 40.5 Å². The molecule has 12 heteroatoms. The van der Waals surface area contributed by atoms with Crippen molar-refractivity contribution in [2.24, 2.45) is 0 Å². The fraction of sp³-hybridized carbons (Fsp3) is 0.562. The molecule has 0 aliphatic carbocycles. The number of halogens is 2. The highest BCUT2D eigenvalue weighted by Crippen LogP contribution is 2.21. The molecule has 1 heterocycles. The summed E-state index contributed by atoms with van der Waals surface area (Å²) < 4.78 is 64.2. The number of carbonyl (C=O) groups is 2. The Hall–Kier alpha value is -2.18. The van der Waals surface area contributed by atoms with Crippen LogP contribution in [0.4, 0.5) is 8.78 Å². The lowest BCUT2D eigenvalue weighted by atomic mass is 10.3. The van der Waals surface area contributed by atoms with E-state index in [0.717, 1.165) is 0 Å². The maximum Gasteiger partial charge on any atom is 0.428 e. The SMILES string of the molecule is CC[NH+](CC)CC.O=C(OCCOC(=O)C(F)(F)S(=O)(=O)[O-])c1ccncc1. The maximum absolute atomic E-state index is 12.7. The van der Waals surface area contributed by atoms with Crippen molar-refractivity contribution in [3.8, 4) is 0 Å². The Kier molecular flexibility index (Phi) is 11.4. The lowest BCUT2D eigenvalue weighted by Crippen LogP contribution is -3.11. The van der Waals surface area contributed by atoms with Crippen LogP contribution in [-0.4, -0.2) is 68.0 Å². The van der Waals surface area contributed by atoms with Crippen LogP contribution in [0, 0.1) is 0 Å². The normalized spacial score (nSPS) is 11.4. The number of hydrogen-bond acceptors (Lipinski definition) is 8. The van der Waals surface area contributed by atoms with Crippen LogP contribution < -0.4 is 4.90 Å². The molecule has 0 radical (unpaired) electrons. The van der Waals surface area contributed by atoms with Gasteiger partial charge in [-0.15, -0.1) is 0 Å². The number of nitrogens with zero attached hydrogens (tertiary/aromatic N) is 1. The summed E-state index contributed by atoms with van der Waals surface area (Å²) in [5.41, 5.74) is 0.129. The van der Waals surface area contributed by atoms with E-state index in [2.05, 4.69) is 35.2 Å². The molecule has 0 atom stereocenters. The van der Waals surface area contributed by atoms with Gasteiger partial charge in [0.1, 0.15) is 13.2 Å². The monoisotopic (exact) mass is 426 g/mol. The molecular formula is C16H24F2N2O7S. The number of ether oxygens (including phenoxy) is 2. The number of nitrogens with one attached hydrogen (secondary N) is 1. The summed E-state index contributed by atoms with van der Waals surface area (Å²) in [7, 11) is -6.17. The molecule has 0 aliphatic heterocycles. The van der Waals surface area contributed by atoms with Crippen LogP contribution in [0.3, 0.4) is 0 Å². The van der Waals surface area contributed by atoms with Crippen molar-refractivity contribution < 1.29 is 45.7 Å². The molecule has 0 amide bonds. The van der Waals surface area contributed by atoms with E-state index in [1.54, 1.807) is 4.90 Å². The first-order valence-electron chi connectivity index (χ1n) is 8.42. The summed E-state index contributed by atoms with van der Waals surface area (Å²) in [4.78, 5) is 27.4. The smallest absolute Gasteiger partial charge is 0.428 e. The Morgan fingerprint density at radius 3 is 1.93 bits per heavy atom. The highest BCUT2D eigenvalue weighted by molar-refractivity contribution is 7.87. The molecule has 9 nitrogen and oxygen atoms in total. The fourth-order valence-corrected chi connectivity index (χ4v) is 2.04. The molecule has 0 bridgehead atoms. The molecule has 28 heavy (non-hydrogen) atoms. The Morgan fingerprint density at radius 1 is 1.07 bits per heavy atom. The minimum Gasteiger partial charge on any atom is -0.743 e. The largest absolute Gasteiger partial charge is 0.743 e. The van der Waals surface area contributed by atoms with E-state index in [9.17, 15) is 31.3 Å². The van der Waals surface area contributed by atoms with Gasteiger partial charge in [0.2, 0.25) is 0 Å². The van der Waals surface area contributed by atoms with Crippen LogP contribution in [0.15, 0.2) is 24.5 Å². The van der Waals surface area contributed by atoms with Crippen molar-refractivity contribution in [1.82, 2.24) is 4.98 Å². The third-order valence-corrected chi connectivity index (χ3v) is 4.31. The second-order valence-corrected chi connectivity index (χ2v) is 6.71. The molecule has 160 valence electrons. The van der Waals surface area contributed by atoms with E-state index in [-0.39, 0.29) is 5.56 Å². The molecule has 0 aliphatic rings. The average Bonchev–Trinajstić information content (AvgIpc) is 2.66. The third kappa shape index (κ3) is 8.67. The van der Waals surface area contributed by atoms with Crippen molar-refractivity contribution >= 4 is 22.1 Å². The Labute approximate surface area is 162 Å². The van der Waals surface area contributed by atoms with Crippen molar-refractivity contribution in [3.63, 3.8) is 0 Å². The second-order valence-electron chi connectivity index (χ2n) is 5.29. The minimum atomic E-state index is -6.17. The Morgan fingerprint density at radius 2 is 1.54 bits per heavy atom. The van der Waals surface area contributed by atoms with E-state index in [4.69, 9.17) is 0 Å². The summed E-state index contributed by atoms with van der Waals surface area (Å²) in [5.74, 6) is -3.35. The number of carbonyl (C=O) groups excluding carboxylic acids is 2. The van der Waals surface area contributed by atoms with E-state index >= 15 is 0 Å². The molecular weight excluding hydrogens is 402 g/mol. The van der Waals surface area contributed by atoms with Gasteiger partial charge >= 0.3 is 17.2 Å². The lowest BCUT2D eigenvalue weighted by molar-refractivity contribution is -0.894. The molecule has 1 aromatic heterocycles. The van der Waals surface area contributed by atoms with Crippen LogP contribution in [0.5, 0.6) is 0 Å². The summed E-state index contributed by atoms with van der Waals surface area (Å²) >= 11 is 0. The van der Waals surface area contributed by atoms with Crippen LogP contribution in [0.2, 0.25) is 0 Å². The van der Waals surface area contributed by atoms with E-state index in [1.165, 1.54) is 44.2 Å². The molecule has 0 fully saturated rings. The zero-order valence-corrected chi connectivity index (χ0v) is 16.6. The first-order chi connectivity index (χ1) is 13.0. The fourth-order valence-electron chi connectivity index (χ4n) is 1.78. The van der Waals surface area contributed by atoms with Crippen LogP contribution >= 0.6 is 0 Å². The summed E-state index contributed by atoms with van der Waals surface area (Å²) in [6.07, 6.45) is 2.63. The van der Waals surface area contributed by atoms with Crippen molar-refractivity contribution in [1.29, 1.82) is 0 Å². The van der Waals surface area contributed by atoms with Crippen molar-refractivity contribution in [2.45, 2.75) is 26.0 Å². The Balaban J connectivity index is 0.000000887. The minimum absolute atomic E-state index is 0.129. The number of quaternary nitrogens is 1. The highest BCUT2D eigenvalue weighted by atomic mass is 32.2. The quantitative estimate of drug-likeness (QED) is 0.328. The number of rotatable bonds is 9. The molecule has 0 saturated heterocycles. The third-order valence-electron chi connectivity index (χ3n) is 3.52. The van der Waals surface area contributed by atoms with E-state index in [1.807, 2.05) is 0 Å². The van der Waals surface area contributed by atoms with Crippen LogP contribution in [0.1, 0.15) is 31.1 Å². The van der Waals surface area contributed by atoms with Gasteiger partial charge in [-0.3, -0.25) is 4.98 Å². The van der Waals surface area contributed by atoms with Gasteiger partial charge in [0, 0.05) is 12.4 Å². The molecule has 1 N–H and O–H groups in total. The second kappa shape index (κ2) is 12.3. The number of alkyl halides is 2.